The number of nitrogens with zero attached hydrogens (tertiary/aromatic N) is 3. The zero-order valence-electron chi connectivity index (χ0n) is 16.3. The van der Waals surface area contributed by atoms with E-state index in [0.29, 0.717) is 41.5 Å². The number of ether oxygens (including phenoxy) is 2. The van der Waals surface area contributed by atoms with Crippen LogP contribution in [-0.2, 0) is 17.8 Å². The normalized spacial score (nSPS) is 11.2. The monoisotopic (exact) mass is 391 g/mol. The molecule has 3 aromatic heterocycles. The molecule has 29 heavy (non-hydrogen) atoms. The van der Waals surface area contributed by atoms with Gasteiger partial charge in [0.15, 0.2) is 0 Å². The molecule has 0 aliphatic carbocycles. The third-order valence-electron chi connectivity index (χ3n) is 4.96. The first kappa shape index (κ1) is 18.9. The average molecular weight is 391 g/mol. The number of benzene rings is 1. The van der Waals surface area contributed by atoms with Crippen LogP contribution in [0.4, 0.5) is 0 Å². The van der Waals surface area contributed by atoms with Gasteiger partial charge in [-0.1, -0.05) is 18.2 Å². The topological polar surface area (TPSA) is 75.3 Å². The van der Waals surface area contributed by atoms with Crippen molar-refractivity contribution in [3.63, 3.8) is 0 Å². The SMILES string of the molecule is COCCn1ccc2nc3ccn(Cc4ccccc4OC)c(=O)c3cc2c1=O. The second-order valence-electron chi connectivity index (χ2n) is 6.72. The molecule has 0 fully saturated rings. The van der Waals surface area contributed by atoms with Gasteiger partial charge in [0.05, 0.1) is 42.1 Å². The van der Waals surface area contributed by atoms with Crippen LogP contribution >= 0.6 is 0 Å². The summed E-state index contributed by atoms with van der Waals surface area (Å²) in [5.74, 6) is 0.720. The second kappa shape index (κ2) is 7.89. The molecule has 4 rings (SSSR count). The van der Waals surface area contributed by atoms with Gasteiger partial charge in [0.25, 0.3) is 11.1 Å². The minimum absolute atomic E-state index is 0.187. The van der Waals surface area contributed by atoms with Crippen molar-refractivity contribution in [2.75, 3.05) is 20.8 Å². The summed E-state index contributed by atoms with van der Waals surface area (Å²) in [6, 6.07) is 12.8. The summed E-state index contributed by atoms with van der Waals surface area (Å²) in [5.41, 5.74) is 1.64. The van der Waals surface area contributed by atoms with Gasteiger partial charge in [-0.2, -0.15) is 0 Å². The predicted octanol–water partition coefficient (Wildman–Crippen LogP) is 2.41. The van der Waals surface area contributed by atoms with Crippen molar-refractivity contribution in [1.82, 2.24) is 14.1 Å². The molecule has 0 amide bonds. The van der Waals surface area contributed by atoms with E-state index < -0.39 is 0 Å². The first-order chi connectivity index (χ1) is 14.1. The van der Waals surface area contributed by atoms with Crippen LogP contribution in [0.15, 0.2) is 64.4 Å². The largest absolute Gasteiger partial charge is 0.496 e. The summed E-state index contributed by atoms with van der Waals surface area (Å²) in [5, 5.41) is 0.833. The molecule has 0 saturated heterocycles. The molecule has 0 aliphatic heterocycles. The lowest BCUT2D eigenvalue weighted by Gasteiger charge is -2.11. The van der Waals surface area contributed by atoms with Gasteiger partial charge in [0, 0.05) is 31.6 Å². The maximum absolute atomic E-state index is 13.1. The van der Waals surface area contributed by atoms with Crippen LogP contribution in [0, 0.1) is 0 Å². The van der Waals surface area contributed by atoms with E-state index >= 15 is 0 Å². The Morgan fingerprint density at radius 2 is 1.55 bits per heavy atom. The summed E-state index contributed by atoms with van der Waals surface area (Å²) >= 11 is 0. The van der Waals surface area contributed by atoms with Gasteiger partial charge in [-0.15, -0.1) is 0 Å². The highest BCUT2D eigenvalue weighted by Gasteiger charge is 2.11. The van der Waals surface area contributed by atoms with Gasteiger partial charge in [-0.25, -0.2) is 4.98 Å². The van der Waals surface area contributed by atoms with E-state index in [1.165, 1.54) is 0 Å². The number of hydrogen-bond donors (Lipinski definition) is 0. The van der Waals surface area contributed by atoms with Crippen LogP contribution in [-0.4, -0.2) is 34.9 Å². The fourth-order valence-electron chi connectivity index (χ4n) is 3.41. The minimum Gasteiger partial charge on any atom is -0.496 e. The zero-order valence-corrected chi connectivity index (χ0v) is 16.3. The number of hydrogen-bond acceptors (Lipinski definition) is 5. The quantitative estimate of drug-likeness (QED) is 0.472. The predicted molar refractivity (Wildman–Crippen MR) is 112 cm³/mol. The number of aromatic nitrogens is 3. The van der Waals surface area contributed by atoms with E-state index in [4.69, 9.17) is 9.47 Å². The fourth-order valence-corrected chi connectivity index (χ4v) is 3.41. The number of fused-ring (bicyclic) bond motifs is 2. The zero-order chi connectivity index (χ0) is 20.4. The molecule has 4 aromatic rings. The number of rotatable bonds is 6. The molecule has 0 spiro atoms. The van der Waals surface area contributed by atoms with Crippen LogP contribution in [0.1, 0.15) is 5.56 Å². The highest BCUT2D eigenvalue weighted by molar-refractivity contribution is 5.91. The summed E-state index contributed by atoms with van der Waals surface area (Å²) in [6.07, 6.45) is 3.42. The molecular formula is C22H21N3O4. The van der Waals surface area contributed by atoms with E-state index in [0.717, 1.165) is 11.3 Å². The van der Waals surface area contributed by atoms with Crippen molar-refractivity contribution in [2.24, 2.45) is 0 Å². The van der Waals surface area contributed by atoms with Gasteiger partial charge in [0.1, 0.15) is 5.75 Å². The van der Waals surface area contributed by atoms with Crippen LogP contribution in [0.3, 0.4) is 0 Å². The standard InChI is InChI=1S/C22H21N3O4/c1-28-12-11-24-9-7-18-16(21(24)26)13-17-19(23-18)8-10-25(22(17)27)14-15-5-3-4-6-20(15)29-2/h3-10,13H,11-12,14H2,1-2H3. The maximum atomic E-state index is 13.1. The second-order valence-corrected chi connectivity index (χ2v) is 6.72. The van der Waals surface area contributed by atoms with E-state index in [1.54, 1.807) is 53.9 Å². The highest BCUT2D eigenvalue weighted by Crippen LogP contribution is 2.19. The van der Waals surface area contributed by atoms with E-state index in [2.05, 4.69) is 4.98 Å². The lowest BCUT2D eigenvalue weighted by Crippen LogP contribution is -2.23. The lowest BCUT2D eigenvalue weighted by atomic mass is 10.1. The Labute approximate surface area is 166 Å². The molecule has 0 N–H and O–H groups in total. The molecular weight excluding hydrogens is 370 g/mol. The van der Waals surface area contributed by atoms with Crippen LogP contribution in [0.5, 0.6) is 5.75 Å². The first-order valence-electron chi connectivity index (χ1n) is 9.26. The van der Waals surface area contributed by atoms with Crippen molar-refractivity contribution in [3.8, 4) is 5.75 Å². The molecule has 0 saturated carbocycles. The van der Waals surface area contributed by atoms with Gasteiger partial charge in [0.2, 0.25) is 0 Å². The third kappa shape index (κ3) is 3.52. The molecule has 7 heteroatoms. The Balaban J connectivity index is 1.84. The number of methoxy groups -OCH3 is 2. The van der Waals surface area contributed by atoms with Crippen LogP contribution < -0.4 is 15.9 Å². The minimum atomic E-state index is -0.200. The molecule has 0 atom stereocenters. The molecule has 7 nitrogen and oxygen atoms in total. The summed E-state index contributed by atoms with van der Waals surface area (Å²) < 4.78 is 13.6. The molecule has 3 heterocycles. The molecule has 0 aliphatic rings. The molecule has 1 aromatic carbocycles. The molecule has 0 radical (unpaired) electrons. The van der Waals surface area contributed by atoms with Crippen molar-refractivity contribution >= 4 is 21.8 Å². The number of pyridine rings is 3. The smallest absolute Gasteiger partial charge is 0.260 e. The van der Waals surface area contributed by atoms with Gasteiger partial charge in [-0.3, -0.25) is 9.59 Å². The van der Waals surface area contributed by atoms with Gasteiger partial charge in [-0.05, 0) is 24.3 Å². The number of para-hydroxylation sites is 1. The van der Waals surface area contributed by atoms with Crippen molar-refractivity contribution in [1.29, 1.82) is 0 Å². The molecule has 148 valence electrons. The Morgan fingerprint density at radius 3 is 2.24 bits per heavy atom. The Morgan fingerprint density at radius 1 is 0.897 bits per heavy atom. The van der Waals surface area contributed by atoms with Crippen molar-refractivity contribution in [2.45, 2.75) is 13.1 Å². The lowest BCUT2D eigenvalue weighted by molar-refractivity contribution is 0.186. The molecule has 0 bridgehead atoms. The average Bonchev–Trinajstić information content (AvgIpc) is 2.75. The summed E-state index contributed by atoms with van der Waals surface area (Å²) in [7, 11) is 3.19. The summed E-state index contributed by atoms with van der Waals surface area (Å²) in [4.78, 5) is 30.4. The highest BCUT2D eigenvalue weighted by atomic mass is 16.5. The van der Waals surface area contributed by atoms with Crippen LogP contribution in [0.2, 0.25) is 0 Å². The Kier molecular flexibility index (Phi) is 5.14. The van der Waals surface area contributed by atoms with E-state index in [1.807, 2.05) is 24.3 Å². The van der Waals surface area contributed by atoms with E-state index in [9.17, 15) is 9.59 Å². The Bertz CT molecular complexity index is 1310. The maximum Gasteiger partial charge on any atom is 0.260 e. The van der Waals surface area contributed by atoms with Crippen LogP contribution in [0.25, 0.3) is 21.8 Å². The first-order valence-corrected chi connectivity index (χ1v) is 9.26. The van der Waals surface area contributed by atoms with Crippen molar-refractivity contribution < 1.29 is 9.47 Å². The van der Waals surface area contributed by atoms with Gasteiger partial charge >= 0.3 is 0 Å². The van der Waals surface area contributed by atoms with E-state index in [-0.39, 0.29) is 11.1 Å². The summed E-state index contributed by atoms with van der Waals surface area (Å²) in [6.45, 7) is 1.23. The Hall–Kier alpha value is -3.45. The van der Waals surface area contributed by atoms with Crippen molar-refractivity contribution in [3.05, 3.63) is 81.1 Å². The van der Waals surface area contributed by atoms with Gasteiger partial charge < -0.3 is 18.6 Å². The third-order valence-corrected chi connectivity index (χ3v) is 4.96. The fraction of sp³-hybridized carbons (Fsp3) is 0.227. The molecule has 0 unspecified atom stereocenters.